The minimum atomic E-state index is 0.117. The molecule has 0 unspecified atom stereocenters. The molecule has 0 amide bonds. The number of hydrogen-bond donors (Lipinski definition) is 1. The summed E-state index contributed by atoms with van der Waals surface area (Å²) in [7, 11) is 0. The van der Waals surface area contributed by atoms with Crippen LogP contribution in [0.1, 0.15) is 20.8 Å². The van der Waals surface area contributed by atoms with Gasteiger partial charge < -0.3 is 5.21 Å². The molecule has 3 heteroatoms. The highest BCUT2D eigenvalue weighted by Crippen LogP contribution is 2.67. The van der Waals surface area contributed by atoms with Crippen LogP contribution in [0.3, 0.4) is 0 Å². The van der Waals surface area contributed by atoms with Crippen LogP contribution in [0.15, 0.2) is 16.3 Å². The Morgan fingerprint density at radius 3 is 2.38 bits per heavy atom. The van der Waals surface area contributed by atoms with Crippen LogP contribution in [0.5, 0.6) is 0 Å². The van der Waals surface area contributed by atoms with E-state index in [9.17, 15) is 0 Å². The van der Waals surface area contributed by atoms with Crippen molar-refractivity contribution in [2.75, 3.05) is 0 Å². The molecule has 0 aromatic heterocycles. The summed E-state index contributed by atoms with van der Waals surface area (Å²) in [5.41, 5.74) is 2.51. The smallest absolute Gasteiger partial charge is 0.0954 e. The van der Waals surface area contributed by atoms with E-state index < -0.39 is 0 Å². The molecule has 1 saturated carbocycles. The third-order valence-corrected chi connectivity index (χ3v) is 3.45. The summed E-state index contributed by atoms with van der Waals surface area (Å²) in [5.74, 6) is 0.565. The van der Waals surface area contributed by atoms with Gasteiger partial charge in [-0.15, -0.1) is 0 Å². The predicted molar refractivity (Wildman–Crippen MR) is 48.3 cm³/mol. The van der Waals surface area contributed by atoms with Gasteiger partial charge in [-0.25, -0.2) is 0 Å². The Morgan fingerprint density at radius 1 is 1.46 bits per heavy atom. The maximum Gasteiger partial charge on any atom is 0.0954 e. The van der Waals surface area contributed by atoms with Gasteiger partial charge in [-0.2, -0.15) is 5.26 Å². The Morgan fingerprint density at radius 2 is 2.08 bits per heavy atom. The molecule has 2 rings (SSSR count). The summed E-state index contributed by atoms with van der Waals surface area (Å²) < 4.78 is 0. The van der Waals surface area contributed by atoms with Gasteiger partial charge in [0, 0.05) is 17.4 Å². The zero-order chi connectivity index (χ0) is 9.80. The van der Waals surface area contributed by atoms with Crippen LogP contribution >= 0.6 is 0 Å². The summed E-state index contributed by atoms with van der Waals surface area (Å²) in [4.78, 5) is 0. The summed E-state index contributed by atoms with van der Waals surface area (Å²) in [6.07, 6.45) is 0. The van der Waals surface area contributed by atoms with Gasteiger partial charge in [0.2, 0.25) is 0 Å². The van der Waals surface area contributed by atoms with Crippen molar-refractivity contribution in [3.05, 3.63) is 11.1 Å². The molecule has 3 nitrogen and oxygen atoms in total. The Bertz CT molecular complexity index is 371. The van der Waals surface area contributed by atoms with Gasteiger partial charge in [0.1, 0.15) is 0 Å². The Balaban J connectivity index is 2.51. The van der Waals surface area contributed by atoms with E-state index in [1.807, 2.05) is 6.92 Å². The van der Waals surface area contributed by atoms with Crippen LogP contribution < -0.4 is 0 Å². The number of nitriles is 1. The molecule has 0 radical (unpaired) electrons. The second-order valence-electron chi connectivity index (χ2n) is 4.41. The van der Waals surface area contributed by atoms with Gasteiger partial charge in [0.15, 0.2) is 0 Å². The van der Waals surface area contributed by atoms with Crippen molar-refractivity contribution in [3.8, 4) is 6.07 Å². The summed E-state index contributed by atoms with van der Waals surface area (Å²) in [6, 6.07) is 2.21. The molecule has 2 atom stereocenters. The highest BCUT2D eigenvalue weighted by molar-refractivity contribution is 6.08. The van der Waals surface area contributed by atoms with Gasteiger partial charge in [-0.3, -0.25) is 0 Å². The molecule has 0 saturated heterocycles. The van der Waals surface area contributed by atoms with Gasteiger partial charge in [0.05, 0.1) is 11.8 Å². The van der Waals surface area contributed by atoms with Crippen LogP contribution in [0.25, 0.3) is 0 Å². The molecule has 0 aromatic rings. The summed E-state index contributed by atoms with van der Waals surface area (Å²) in [6.45, 7) is 6.07. The predicted octanol–water partition coefficient (Wildman–Crippen LogP) is 1.94. The largest absolute Gasteiger partial charge is 0.411 e. The number of allylic oxidation sites excluding steroid dienone is 2. The standard InChI is InChI=1S/C10H12N2O/c1-5-6(4-11)7-8(9(5)12-13)10(7,2)3/h7-8,13H,1-3H3/t7-,8-/m0/s1. The molecular weight excluding hydrogens is 164 g/mol. The fourth-order valence-corrected chi connectivity index (χ4v) is 2.58. The lowest BCUT2D eigenvalue weighted by Crippen LogP contribution is -2.08. The SMILES string of the molecule is CC1=C(C#N)[C@H]2[C@@H](C1=NO)C2(C)C. The van der Waals surface area contributed by atoms with Crippen LogP contribution in [-0.2, 0) is 0 Å². The van der Waals surface area contributed by atoms with Crippen LogP contribution in [-0.4, -0.2) is 10.9 Å². The van der Waals surface area contributed by atoms with Crippen LogP contribution in [0.2, 0.25) is 0 Å². The maximum atomic E-state index is 8.93. The monoisotopic (exact) mass is 176 g/mol. The van der Waals surface area contributed by atoms with Crippen LogP contribution in [0.4, 0.5) is 0 Å². The van der Waals surface area contributed by atoms with Gasteiger partial charge in [-0.1, -0.05) is 19.0 Å². The second kappa shape index (κ2) is 2.14. The van der Waals surface area contributed by atoms with Crippen LogP contribution in [0, 0.1) is 28.6 Å². The van der Waals surface area contributed by atoms with E-state index in [0.29, 0.717) is 11.6 Å². The highest BCUT2D eigenvalue weighted by atomic mass is 16.4. The fraction of sp³-hybridized carbons (Fsp3) is 0.600. The van der Waals surface area contributed by atoms with Gasteiger partial charge in [-0.05, 0) is 17.9 Å². The first kappa shape index (κ1) is 8.31. The minimum absolute atomic E-state index is 0.117. The minimum Gasteiger partial charge on any atom is -0.411 e. The molecule has 0 aliphatic heterocycles. The zero-order valence-electron chi connectivity index (χ0n) is 8.00. The number of nitrogens with zero attached hydrogens (tertiary/aromatic N) is 2. The molecule has 68 valence electrons. The molecule has 0 bridgehead atoms. The molecule has 0 aromatic carbocycles. The van der Waals surface area contributed by atoms with Crippen molar-refractivity contribution < 1.29 is 5.21 Å². The Labute approximate surface area is 77.4 Å². The molecular formula is C10H12N2O. The molecule has 0 spiro atoms. The number of oxime groups is 1. The highest BCUT2D eigenvalue weighted by Gasteiger charge is 2.66. The van der Waals surface area contributed by atoms with Crippen molar-refractivity contribution in [2.24, 2.45) is 22.4 Å². The number of rotatable bonds is 0. The lowest BCUT2D eigenvalue weighted by Gasteiger charge is -2.09. The molecule has 2 aliphatic rings. The first-order valence-electron chi connectivity index (χ1n) is 4.39. The lowest BCUT2D eigenvalue weighted by molar-refractivity contribution is 0.316. The molecule has 1 N–H and O–H groups in total. The normalized spacial score (nSPS) is 37.5. The molecule has 13 heavy (non-hydrogen) atoms. The summed E-state index contributed by atoms with van der Waals surface area (Å²) in [5, 5.41) is 21.1. The van der Waals surface area contributed by atoms with Gasteiger partial charge in [0.25, 0.3) is 0 Å². The van der Waals surface area contributed by atoms with E-state index in [4.69, 9.17) is 10.5 Å². The fourth-order valence-electron chi connectivity index (χ4n) is 2.58. The zero-order valence-corrected chi connectivity index (χ0v) is 8.00. The maximum absolute atomic E-state index is 8.93. The first-order valence-corrected chi connectivity index (χ1v) is 4.39. The third-order valence-electron chi connectivity index (χ3n) is 3.45. The Hall–Kier alpha value is -1.30. The van der Waals surface area contributed by atoms with E-state index in [1.165, 1.54) is 0 Å². The number of hydrogen-bond acceptors (Lipinski definition) is 3. The number of fused-ring (bicyclic) bond motifs is 1. The average molecular weight is 176 g/mol. The average Bonchev–Trinajstić information content (AvgIpc) is 2.52. The van der Waals surface area contributed by atoms with Crippen molar-refractivity contribution in [1.29, 1.82) is 5.26 Å². The molecule has 0 heterocycles. The van der Waals surface area contributed by atoms with E-state index in [-0.39, 0.29) is 11.3 Å². The van der Waals surface area contributed by atoms with E-state index >= 15 is 0 Å². The second-order valence-corrected chi connectivity index (χ2v) is 4.41. The molecule has 1 fully saturated rings. The van der Waals surface area contributed by atoms with Gasteiger partial charge >= 0.3 is 0 Å². The van der Waals surface area contributed by atoms with E-state index in [0.717, 1.165) is 11.1 Å². The van der Waals surface area contributed by atoms with Crippen molar-refractivity contribution in [2.45, 2.75) is 20.8 Å². The quantitative estimate of drug-likeness (QED) is 0.453. The van der Waals surface area contributed by atoms with Crippen molar-refractivity contribution in [3.63, 3.8) is 0 Å². The Kier molecular flexibility index (Phi) is 1.37. The van der Waals surface area contributed by atoms with Crippen molar-refractivity contribution in [1.82, 2.24) is 0 Å². The van der Waals surface area contributed by atoms with E-state index in [2.05, 4.69) is 25.1 Å². The summed E-state index contributed by atoms with van der Waals surface area (Å²) >= 11 is 0. The van der Waals surface area contributed by atoms with E-state index in [1.54, 1.807) is 0 Å². The first-order chi connectivity index (χ1) is 6.05. The molecule has 2 aliphatic carbocycles. The van der Waals surface area contributed by atoms with Crippen molar-refractivity contribution >= 4 is 5.71 Å². The third kappa shape index (κ3) is 0.757. The topological polar surface area (TPSA) is 56.4 Å². The lowest BCUT2D eigenvalue weighted by atomic mass is 9.95.